The number of rotatable bonds is 2. The van der Waals surface area contributed by atoms with Gasteiger partial charge in [-0.05, 0) is 33.6 Å². The largest absolute Gasteiger partial charge is 0.444 e. The summed E-state index contributed by atoms with van der Waals surface area (Å²) in [5.41, 5.74) is -0.507. The van der Waals surface area contributed by atoms with Crippen molar-refractivity contribution in [1.29, 1.82) is 0 Å². The minimum absolute atomic E-state index is 0.0473. The summed E-state index contributed by atoms with van der Waals surface area (Å²) in [7, 11) is 0. The van der Waals surface area contributed by atoms with Gasteiger partial charge in [0.1, 0.15) is 5.60 Å². The highest BCUT2D eigenvalue weighted by Crippen LogP contribution is 2.35. The summed E-state index contributed by atoms with van der Waals surface area (Å²) in [6.45, 7) is 8.21. The SMILES string of the molecule is CC(C)(C)OC(=O)N1CCN(CN2C(=O)[C@@H]3CC=CC[C@H]3C2=O)CC1. The Bertz CT molecular complexity index is 562. The summed E-state index contributed by atoms with van der Waals surface area (Å²) < 4.78 is 5.39. The first kappa shape index (κ1) is 17.9. The molecule has 0 saturated carbocycles. The van der Waals surface area contributed by atoms with Gasteiger partial charge in [-0.2, -0.15) is 0 Å². The summed E-state index contributed by atoms with van der Waals surface area (Å²) in [6.07, 6.45) is 5.01. The number of carbonyl (C=O) groups is 3. The molecule has 0 bridgehead atoms. The highest BCUT2D eigenvalue weighted by molar-refractivity contribution is 6.05. The van der Waals surface area contributed by atoms with Crippen LogP contribution in [-0.4, -0.2) is 71.1 Å². The van der Waals surface area contributed by atoms with Crippen molar-refractivity contribution in [1.82, 2.24) is 14.7 Å². The highest BCUT2D eigenvalue weighted by Gasteiger charge is 2.47. The van der Waals surface area contributed by atoms with Crippen molar-refractivity contribution in [2.24, 2.45) is 11.8 Å². The monoisotopic (exact) mass is 349 g/mol. The van der Waals surface area contributed by atoms with E-state index < -0.39 is 5.60 Å². The van der Waals surface area contributed by atoms with Crippen LogP contribution in [0.5, 0.6) is 0 Å². The van der Waals surface area contributed by atoms with Crippen molar-refractivity contribution >= 4 is 17.9 Å². The Morgan fingerprint density at radius 1 is 1.04 bits per heavy atom. The normalized spacial score (nSPS) is 27.6. The van der Waals surface area contributed by atoms with Crippen LogP contribution in [0.2, 0.25) is 0 Å². The lowest BCUT2D eigenvalue weighted by molar-refractivity contribution is -0.142. The summed E-state index contributed by atoms with van der Waals surface area (Å²) in [5, 5.41) is 0. The number of hydrogen-bond acceptors (Lipinski definition) is 5. The molecule has 3 rings (SSSR count). The summed E-state index contributed by atoms with van der Waals surface area (Å²) >= 11 is 0. The zero-order valence-corrected chi connectivity index (χ0v) is 15.2. The van der Waals surface area contributed by atoms with Crippen molar-refractivity contribution in [2.75, 3.05) is 32.8 Å². The van der Waals surface area contributed by atoms with Gasteiger partial charge in [0.05, 0.1) is 18.5 Å². The molecule has 2 saturated heterocycles. The van der Waals surface area contributed by atoms with Crippen molar-refractivity contribution in [2.45, 2.75) is 39.2 Å². The van der Waals surface area contributed by atoms with Gasteiger partial charge in [-0.3, -0.25) is 19.4 Å². The van der Waals surface area contributed by atoms with Crippen LogP contribution >= 0.6 is 0 Å². The molecule has 2 heterocycles. The van der Waals surface area contributed by atoms with Crippen LogP contribution < -0.4 is 0 Å². The highest BCUT2D eigenvalue weighted by atomic mass is 16.6. The number of nitrogens with zero attached hydrogens (tertiary/aromatic N) is 3. The quantitative estimate of drug-likeness (QED) is 0.557. The van der Waals surface area contributed by atoms with Gasteiger partial charge in [0.2, 0.25) is 11.8 Å². The Morgan fingerprint density at radius 2 is 1.56 bits per heavy atom. The number of carbonyl (C=O) groups excluding carboxylic acids is 3. The molecule has 7 heteroatoms. The molecule has 2 fully saturated rings. The average molecular weight is 349 g/mol. The lowest BCUT2D eigenvalue weighted by atomic mass is 9.85. The number of likely N-dealkylation sites (tertiary alicyclic amines) is 1. The molecule has 0 aromatic carbocycles. The van der Waals surface area contributed by atoms with E-state index in [4.69, 9.17) is 4.74 Å². The second kappa shape index (κ2) is 6.78. The Balaban J connectivity index is 1.52. The summed E-state index contributed by atoms with van der Waals surface area (Å²) in [4.78, 5) is 42.3. The third kappa shape index (κ3) is 3.86. The number of ether oxygens (including phenoxy) is 1. The van der Waals surface area contributed by atoms with Gasteiger partial charge in [-0.1, -0.05) is 12.2 Å². The minimum atomic E-state index is -0.507. The van der Waals surface area contributed by atoms with E-state index in [-0.39, 0.29) is 29.7 Å². The van der Waals surface area contributed by atoms with E-state index in [0.717, 1.165) is 0 Å². The molecule has 1 aliphatic carbocycles. The minimum Gasteiger partial charge on any atom is -0.444 e. The molecule has 138 valence electrons. The molecule has 0 radical (unpaired) electrons. The zero-order chi connectivity index (χ0) is 18.2. The second-order valence-corrected chi connectivity index (χ2v) is 7.99. The number of hydrogen-bond donors (Lipinski definition) is 0. The van der Waals surface area contributed by atoms with Crippen LogP contribution in [-0.2, 0) is 14.3 Å². The molecule has 2 atom stereocenters. The Labute approximate surface area is 148 Å². The van der Waals surface area contributed by atoms with Crippen molar-refractivity contribution in [3.8, 4) is 0 Å². The van der Waals surface area contributed by atoms with Gasteiger partial charge in [0.25, 0.3) is 0 Å². The fraction of sp³-hybridized carbons (Fsp3) is 0.722. The van der Waals surface area contributed by atoms with E-state index in [1.54, 1.807) is 4.90 Å². The Kier molecular flexibility index (Phi) is 4.86. The number of allylic oxidation sites excluding steroid dienone is 2. The average Bonchev–Trinajstić information content (AvgIpc) is 2.79. The topological polar surface area (TPSA) is 70.2 Å². The lowest BCUT2D eigenvalue weighted by Gasteiger charge is -2.36. The van der Waals surface area contributed by atoms with Crippen LogP contribution in [0.1, 0.15) is 33.6 Å². The molecule has 3 aliphatic rings. The first-order chi connectivity index (χ1) is 11.8. The first-order valence-electron chi connectivity index (χ1n) is 8.97. The zero-order valence-electron chi connectivity index (χ0n) is 15.2. The predicted molar refractivity (Wildman–Crippen MR) is 91.5 cm³/mol. The summed E-state index contributed by atoms with van der Waals surface area (Å²) in [6, 6.07) is 0. The van der Waals surface area contributed by atoms with Crippen molar-refractivity contribution < 1.29 is 19.1 Å². The number of piperazine rings is 1. The third-order valence-electron chi connectivity index (χ3n) is 4.96. The maximum Gasteiger partial charge on any atom is 0.410 e. The second-order valence-electron chi connectivity index (χ2n) is 7.99. The van der Waals surface area contributed by atoms with Crippen molar-refractivity contribution in [3.05, 3.63) is 12.2 Å². The molecule has 0 N–H and O–H groups in total. The maximum absolute atomic E-state index is 12.5. The van der Waals surface area contributed by atoms with Gasteiger partial charge in [0.15, 0.2) is 0 Å². The van der Waals surface area contributed by atoms with Crippen LogP contribution in [0.15, 0.2) is 12.2 Å². The Hall–Kier alpha value is -1.89. The molecule has 0 aromatic heterocycles. The molecule has 25 heavy (non-hydrogen) atoms. The first-order valence-corrected chi connectivity index (χ1v) is 8.97. The van der Waals surface area contributed by atoms with Crippen LogP contribution in [0.4, 0.5) is 4.79 Å². The fourth-order valence-electron chi connectivity index (χ4n) is 3.61. The van der Waals surface area contributed by atoms with Crippen LogP contribution in [0.25, 0.3) is 0 Å². The van der Waals surface area contributed by atoms with Gasteiger partial charge in [-0.15, -0.1) is 0 Å². The lowest BCUT2D eigenvalue weighted by Crippen LogP contribution is -2.53. The van der Waals surface area contributed by atoms with Crippen LogP contribution in [0.3, 0.4) is 0 Å². The molecular weight excluding hydrogens is 322 g/mol. The van der Waals surface area contributed by atoms with E-state index in [9.17, 15) is 14.4 Å². The third-order valence-corrected chi connectivity index (χ3v) is 4.96. The van der Waals surface area contributed by atoms with Crippen molar-refractivity contribution in [3.63, 3.8) is 0 Å². The molecule has 0 aromatic rings. The molecule has 3 amide bonds. The number of fused-ring (bicyclic) bond motifs is 1. The van der Waals surface area contributed by atoms with Crippen LogP contribution in [0, 0.1) is 11.8 Å². The molecule has 2 aliphatic heterocycles. The molecule has 0 unspecified atom stereocenters. The van der Waals surface area contributed by atoms with Gasteiger partial charge in [-0.25, -0.2) is 4.79 Å². The van der Waals surface area contributed by atoms with E-state index in [1.807, 2.05) is 32.9 Å². The van der Waals surface area contributed by atoms with Gasteiger partial charge < -0.3 is 9.64 Å². The van der Waals surface area contributed by atoms with E-state index in [2.05, 4.69) is 4.90 Å². The maximum atomic E-state index is 12.5. The number of imide groups is 1. The molecule has 0 spiro atoms. The number of amides is 3. The fourth-order valence-corrected chi connectivity index (χ4v) is 3.61. The molecular formula is C18H27N3O4. The van der Waals surface area contributed by atoms with Gasteiger partial charge in [0, 0.05) is 26.2 Å². The van der Waals surface area contributed by atoms with E-state index in [0.29, 0.717) is 45.7 Å². The molecule has 7 nitrogen and oxygen atoms in total. The smallest absolute Gasteiger partial charge is 0.410 e. The van der Waals surface area contributed by atoms with Gasteiger partial charge >= 0.3 is 6.09 Å². The summed E-state index contributed by atoms with van der Waals surface area (Å²) in [5.74, 6) is -0.455. The predicted octanol–water partition coefficient (Wildman–Crippen LogP) is 1.45. The van der Waals surface area contributed by atoms with E-state index >= 15 is 0 Å². The standard InChI is InChI=1S/C18H27N3O4/c1-18(2,3)25-17(24)20-10-8-19(9-11-20)12-21-15(22)13-6-4-5-7-14(13)16(21)23/h4-5,13-14H,6-12H2,1-3H3/t13-,14-/m1/s1. The Morgan fingerprint density at radius 3 is 2.04 bits per heavy atom. The van der Waals surface area contributed by atoms with E-state index in [1.165, 1.54) is 4.90 Å².